The first-order chi connectivity index (χ1) is 5.86. The van der Waals surface area contributed by atoms with Crippen molar-refractivity contribution in [3.05, 3.63) is 0 Å². The van der Waals surface area contributed by atoms with E-state index in [0.29, 0.717) is 0 Å². The SMILES string of the molecule is CC(C)C(=O)NC(C(=O)O)C(=O)O. The number of carboxylic acids is 2. The van der Waals surface area contributed by atoms with Crippen LogP contribution in [0.5, 0.6) is 0 Å². The molecule has 0 aromatic heterocycles. The molecule has 6 heteroatoms. The standard InChI is InChI=1S/C7H11NO5/c1-3(2)5(9)8-4(6(10)11)7(12)13/h3-4H,1-2H3,(H,8,9)(H,10,11)(H,12,13). The number of carbonyl (C=O) groups excluding carboxylic acids is 1. The molecule has 6 nitrogen and oxygen atoms in total. The average molecular weight is 189 g/mol. The summed E-state index contributed by atoms with van der Waals surface area (Å²) in [6.07, 6.45) is 0. The van der Waals surface area contributed by atoms with Crippen molar-refractivity contribution in [1.82, 2.24) is 5.32 Å². The Balaban J connectivity index is 4.36. The maximum atomic E-state index is 10.9. The highest BCUT2D eigenvalue weighted by atomic mass is 16.4. The van der Waals surface area contributed by atoms with Crippen LogP contribution in [0.25, 0.3) is 0 Å². The first-order valence-corrected chi connectivity index (χ1v) is 3.62. The van der Waals surface area contributed by atoms with Gasteiger partial charge in [-0.15, -0.1) is 0 Å². The lowest BCUT2D eigenvalue weighted by atomic mass is 10.2. The van der Waals surface area contributed by atoms with E-state index in [0.717, 1.165) is 0 Å². The third-order valence-corrected chi connectivity index (χ3v) is 1.30. The van der Waals surface area contributed by atoms with Crippen molar-refractivity contribution in [2.75, 3.05) is 0 Å². The van der Waals surface area contributed by atoms with Crippen molar-refractivity contribution < 1.29 is 24.6 Å². The molecule has 0 heterocycles. The van der Waals surface area contributed by atoms with Gasteiger partial charge in [0.05, 0.1) is 0 Å². The monoisotopic (exact) mass is 189 g/mol. The molecule has 0 aliphatic carbocycles. The second-order valence-corrected chi connectivity index (χ2v) is 2.77. The molecular weight excluding hydrogens is 178 g/mol. The minimum atomic E-state index is -1.87. The minimum Gasteiger partial charge on any atom is -0.479 e. The van der Waals surface area contributed by atoms with Gasteiger partial charge in [-0.05, 0) is 0 Å². The summed E-state index contributed by atoms with van der Waals surface area (Å²) in [4.78, 5) is 31.5. The Hall–Kier alpha value is -1.59. The van der Waals surface area contributed by atoms with Gasteiger partial charge < -0.3 is 15.5 Å². The van der Waals surface area contributed by atoms with E-state index in [1.54, 1.807) is 0 Å². The molecule has 0 bridgehead atoms. The van der Waals surface area contributed by atoms with Crippen molar-refractivity contribution >= 4 is 17.8 Å². The van der Waals surface area contributed by atoms with Crippen LogP contribution in [-0.2, 0) is 14.4 Å². The van der Waals surface area contributed by atoms with Crippen molar-refractivity contribution in [3.8, 4) is 0 Å². The first-order valence-electron chi connectivity index (χ1n) is 3.62. The smallest absolute Gasteiger partial charge is 0.338 e. The van der Waals surface area contributed by atoms with Crippen LogP contribution < -0.4 is 5.32 Å². The number of amides is 1. The molecule has 0 aromatic rings. The molecular formula is C7H11NO5. The van der Waals surface area contributed by atoms with E-state index in [2.05, 4.69) is 0 Å². The summed E-state index contributed by atoms with van der Waals surface area (Å²) < 4.78 is 0. The third-order valence-electron chi connectivity index (χ3n) is 1.30. The molecule has 0 aliphatic heterocycles. The molecule has 0 saturated carbocycles. The van der Waals surface area contributed by atoms with E-state index >= 15 is 0 Å². The lowest BCUT2D eigenvalue weighted by molar-refractivity contribution is -0.153. The lowest BCUT2D eigenvalue weighted by Gasteiger charge is -2.11. The van der Waals surface area contributed by atoms with Crippen LogP contribution in [0.2, 0.25) is 0 Å². The number of aliphatic carboxylic acids is 2. The summed E-state index contributed by atoms with van der Waals surface area (Å²) in [5.74, 6) is -4.21. The molecule has 0 unspecified atom stereocenters. The summed E-state index contributed by atoms with van der Waals surface area (Å²) in [6, 6.07) is -1.87. The Kier molecular flexibility index (Phi) is 3.90. The maximum absolute atomic E-state index is 10.9. The van der Waals surface area contributed by atoms with Crippen LogP contribution in [0.15, 0.2) is 0 Å². The van der Waals surface area contributed by atoms with Gasteiger partial charge in [-0.25, -0.2) is 9.59 Å². The average Bonchev–Trinajstić information content (AvgIpc) is 1.97. The number of hydrogen-bond donors (Lipinski definition) is 3. The summed E-state index contributed by atoms with van der Waals surface area (Å²) in [5, 5.41) is 18.6. The molecule has 0 saturated heterocycles. The largest absolute Gasteiger partial charge is 0.479 e. The van der Waals surface area contributed by atoms with E-state index in [-0.39, 0.29) is 0 Å². The molecule has 13 heavy (non-hydrogen) atoms. The molecule has 0 atom stereocenters. The number of nitrogens with one attached hydrogen (secondary N) is 1. The molecule has 74 valence electrons. The predicted octanol–water partition coefficient (Wildman–Crippen LogP) is -0.704. The minimum absolute atomic E-state index is 0.443. The highest BCUT2D eigenvalue weighted by Crippen LogP contribution is 1.93. The van der Waals surface area contributed by atoms with Crippen molar-refractivity contribution in [2.24, 2.45) is 5.92 Å². The van der Waals surface area contributed by atoms with Crippen molar-refractivity contribution in [1.29, 1.82) is 0 Å². The van der Waals surface area contributed by atoms with Crippen LogP contribution in [0.4, 0.5) is 0 Å². The van der Waals surface area contributed by atoms with Crippen LogP contribution in [0.1, 0.15) is 13.8 Å². The van der Waals surface area contributed by atoms with Crippen LogP contribution in [0.3, 0.4) is 0 Å². The van der Waals surface area contributed by atoms with Crippen LogP contribution >= 0.6 is 0 Å². The topological polar surface area (TPSA) is 104 Å². The van der Waals surface area contributed by atoms with E-state index in [9.17, 15) is 14.4 Å². The predicted molar refractivity (Wildman–Crippen MR) is 42.0 cm³/mol. The van der Waals surface area contributed by atoms with Gasteiger partial charge in [0.15, 0.2) is 0 Å². The zero-order valence-corrected chi connectivity index (χ0v) is 7.27. The molecule has 1 amide bonds. The Morgan fingerprint density at radius 3 is 1.69 bits per heavy atom. The second-order valence-electron chi connectivity index (χ2n) is 2.77. The van der Waals surface area contributed by atoms with Crippen molar-refractivity contribution in [3.63, 3.8) is 0 Å². The normalized spacial score (nSPS) is 10.2. The molecule has 0 spiro atoms. The van der Waals surface area contributed by atoms with E-state index in [1.807, 2.05) is 5.32 Å². The van der Waals surface area contributed by atoms with Crippen LogP contribution in [-0.4, -0.2) is 34.1 Å². The molecule has 3 N–H and O–H groups in total. The Morgan fingerprint density at radius 1 is 1.08 bits per heavy atom. The number of carboxylic acid groups (broad SMARTS) is 2. The third kappa shape index (κ3) is 3.55. The van der Waals surface area contributed by atoms with Gasteiger partial charge in [-0.3, -0.25) is 4.79 Å². The summed E-state index contributed by atoms with van der Waals surface area (Å²) in [5.41, 5.74) is 0. The van der Waals surface area contributed by atoms with Crippen molar-refractivity contribution in [2.45, 2.75) is 19.9 Å². The Bertz CT molecular complexity index is 221. The van der Waals surface area contributed by atoms with Gasteiger partial charge in [-0.1, -0.05) is 13.8 Å². The Labute approximate surface area is 74.6 Å². The van der Waals surface area contributed by atoms with Gasteiger partial charge in [0, 0.05) is 5.92 Å². The summed E-state index contributed by atoms with van der Waals surface area (Å²) >= 11 is 0. The fourth-order valence-corrected chi connectivity index (χ4v) is 0.538. The zero-order valence-electron chi connectivity index (χ0n) is 7.27. The zero-order chi connectivity index (χ0) is 10.6. The van der Waals surface area contributed by atoms with Gasteiger partial charge in [-0.2, -0.15) is 0 Å². The molecule has 0 rings (SSSR count). The van der Waals surface area contributed by atoms with E-state index in [4.69, 9.17) is 10.2 Å². The fourth-order valence-electron chi connectivity index (χ4n) is 0.538. The van der Waals surface area contributed by atoms with Gasteiger partial charge in [0.1, 0.15) is 0 Å². The molecule has 0 radical (unpaired) electrons. The maximum Gasteiger partial charge on any atom is 0.338 e. The summed E-state index contributed by atoms with van der Waals surface area (Å²) in [7, 11) is 0. The van der Waals surface area contributed by atoms with E-state index < -0.39 is 29.8 Å². The second kappa shape index (κ2) is 4.44. The lowest BCUT2D eigenvalue weighted by Crippen LogP contribution is -2.47. The molecule has 0 aromatic carbocycles. The van der Waals surface area contributed by atoms with Gasteiger partial charge in [0.25, 0.3) is 0 Å². The number of hydrogen-bond acceptors (Lipinski definition) is 3. The summed E-state index contributed by atoms with van der Waals surface area (Å²) in [6.45, 7) is 3.08. The number of rotatable bonds is 4. The first kappa shape index (κ1) is 11.4. The quantitative estimate of drug-likeness (QED) is 0.507. The van der Waals surface area contributed by atoms with Gasteiger partial charge >= 0.3 is 11.9 Å². The molecule has 0 fully saturated rings. The Morgan fingerprint density at radius 2 is 1.46 bits per heavy atom. The highest BCUT2D eigenvalue weighted by molar-refractivity contribution is 6.00. The molecule has 0 aliphatic rings. The number of carbonyl (C=O) groups is 3. The van der Waals surface area contributed by atoms with Crippen LogP contribution in [0, 0.1) is 5.92 Å². The highest BCUT2D eigenvalue weighted by Gasteiger charge is 2.28. The fraction of sp³-hybridized carbons (Fsp3) is 0.571. The van der Waals surface area contributed by atoms with Gasteiger partial charge in [0.2, 0.25) is 11.9 Å². The van der Waals surface area contributed by atoms with E-state index in [1.165, 1.54) is 13.8 Å².